The van der Waals surface area contributed by atoms with Crippen molar-refractivity contribution in [2.75, 3.05) is 11.9 Å². The first-order valence-corrected chi connectivity index (χ1v) is 10.4. The molecule has 0 atom stereocenters. The molecule has 0 fully saturated rings. The van der Waals surface area contributed by atoms with E-state index in [1.807, 2.05) is 26.0 Å². The van der Waals surface area contributed by atoms with Crippen molar-refractivity contribution in [3.63, 3.8) is 0 Å². The molecule has 2 aromatic carbocycles. The highest BCUT2D eigenvalue weighted by Crippen LogP contribution is 2.16. The molecule has 0 aromatic heterocycles. The summed E-state index contributed by atoms with van der Waals surface area (Å²) in [6.07, 6.45) is 6.00. The number of hydrogen-bond acceptors (Lipinski definition) is 3. The van der Waals surface area contributed by atoms with Gasteiger partial charge in [-0.1, -0.05) is 32.6 Å². The number of nitrogens with one attached hydrogen (secondary N) is 2. The van der Waals surface area contributed by atoms with Gasteiger partial charge in [-0.2, -0.15) is 0 Å². The molecule has 0 saturated heterocycles. The van der Waals surface area contributed by atoms with Gasteiger partial charge in [0.25, 0.3) is 11.8 Å². The van der Waals surface area contributed by atoms with E-state index in [2.05, 4.69) is 17.6 Å². The van der Waals surface area contributed by atoms with Gasteiger partial charge in [-0.15, -0.1) is 0 Å². The van der Waals surface area contributed by atoms with E-state index in [1.54, 1.807) is 36.4 Å². The van der Waals surface area contributed by atoms with Gasteiger partial charge in [0.1, 0.15) is 5.75 Å². The Hall–Kier alpha value is -2.82. The van der Waals surface area contributed by atoms with Crippen molar-refractivity contribution in [3.8, 4) is 5.75 Å². The molecule has 5 heteroatoms. The maximum absolute atomic E-state index is 12.4. The first-order valence-electron chi connectivity index (χ1n) is 10.4. The minimum absolute atomic E-state index is 0.0786. The van der Waals surface area contributed by atoms with Crippen molar-refractivity contribution >= 4 is 17.5 Å². The summed E-state index contributed by atoms with van der Waals surface area (Å²) in [7, 11) is 0. The Kier molecular flexibility index (Phi) is 9.22. The zero-order valence-electron chi connectivity index (χ0n) is 17.7. The molecular formula is C24H32N2O3. The maximum Gasteiger partial charge on any atom is 0.255 e. The van der Waals surface area contributed by atoms with Crippen molar-refractivity contribution in [2.24, 2.45) is 0 Å². The molecule has 0 bridgehead atoms. The topological polar surface area (TPSA) is 67.4 Å². The molecule has 0 heterocycles. The highest BCUT2D eigenvalue weighted by Gasteiger charge is 2.09. The zero-order valence-corrected chi connectivity index (χ0v) is 17.7. The van der Waals surface area contributed by atoms with E-state index in [-0.39, 0.29) is 17.9 Å². The van der Waals surface area contributed by atoms with Crippen LogP contribution in [0.1, 0.15) is 73.6 Å². The lowest BCUT2D eigenvalue weighted by atomic mass is 10.1. The number of anilines is 1. The minimum Gasteiger partial charge on any atom is -0.494 e. The summed E-state index contributed by atoms with van der Waals surface area (Å²) in [5.41, 5.74) is 1.76. The normalized spacial score (nSPS) is 10.6. The molecule has 0 aliphatic heterocycles. The molecule has 0 unspecified atom stereocenters. The lowest BCUT2D eigenvalue weighted by molar-refractivity contribution is 0.0942. The fourth-order valence-corrected chi connectivity index (χ4v) is 2.85. The second-order valence-corrected chi connectivity index (χ2v) is 7.45. The summed E-state index contributed by atoms with van der Waals surface area (Å²) in [5.74, 6) is 0.451. The predicted molar refractivity (Wildman–Crippen MR) is 118 cm³/mol. The number of amides is 2. The lowest BCUT2D eigenvalue weighted by Crippen LogP contribution is -2.30. The van der Waals surface area contributed by atoms with Crippen LogP contribution >= 0.6 is 0 Å². The molecule has 2 amide bonds. The van der Waals surface area contributed by atoms with E-state index < -0.39 is 0 Å². The van der Waals surface area contributed by atoms with Crippen LogP contribution in [0.2, 0.25) is 0 Å². The van der Waals surface area contributed by atoms with Gasteiger partial charge in [0, 0.05) is 22.9 Å². The van der Waals surface area contributed by atoms with Gasteiger partial charge in [0.15, 0.2) is 0 Å². The third kappa shape index (κ3) is 7.98. The molecule has 0 aliphatic carbocycles. The summed E-state index contributed by atoms with van der Waals surface area (Å²) < 4.78 is 5.73. The Morgan fingerprint density at radius 3 is 2.03 bits per heavy atom. The standard InChI is InChI=1S/C24H32N2O3/c1-4-5-6-7-8-17-29-22-15-11-20(12-16-22)24(28)26-21-13-9-19(10-14-21)23(27)25-18(2)3/h9-16,18H,4-8,17H2,1-3H3,(H,25,27)(H,26,28). The van der Waals surface area contributed by atoms with E-state index in [4.69, 9.17) is 4.74 Å². The first-order chi connectivity index (χ1) is 14.0. The third-order valence-corrected chi connectivity index (χ3v) is 4.46. The van der Waals surface area contributed by atoms with Gasteiger partial charge in [0.2, 0.25) is 0 Å². The Bertz CT molecular complexity index is 768. The van der Waals surface area contributed by atoms with Crippen LogP contribution in [0.3, 0.4) is 0 Å². The van der Waals surface area contributed by atoms with E-state index in [0.29, 0.717) is 23.4 Å². The maximum atomic E-state index is 12.4. The van der Waals surface area contributed by atoms with E-state index in [1.165, 1.54) is 25.7 Å². The highest BCUT2D eigenvalue weighted by atomic mass is 16.5. The van der Waals surface area contributed by atoms with Crippen LogP contribution in [0.4, 0.5) is 5.69 Å². The number of unbranched alkanes of at least 4 members (excludes halogenated alkanes) is 4. The van der Waals surface area contributed by atoms with Gasteiger partial charge in [-0.3, -0.25) is 9.59 Å². The molecule has 2 N–H and O–H groups in total. The van der Waals surface area contributed by atoms with Crippen LogP contribution in [0, 0.1) is 0 Å². The predicted octanol–water partition coefficient (Wildman–Crippen LogP) is 5.43. The number of hydrogen-bond donors (Lipinski definition) is 2. The van der Waals surface area contributed by atoms with Crippen LogP contribution in [0.15, 0.2) is 48.5 Å². The summed E-state index contributed by atoms with van der Waals surface area (Å²) in [5, 5.41) is 5.68. The van der Waals surface area contributed by atoms with Crippen LogP contribution in [-0.4, -0.2) is 24.5 Å². The van der Waals surface area contributed by atoms with Crippen molar-refractivity contribution in [1.29, 1.82) is 0 Å². The zero-order chi connectivity index (χ0) is 21.1. The number of rotatable bonds is 11. The van der Waals surface area contributed by atoms with E-state index >= 15 is 0 Å². The van der Waals surface area contributed by atoms with E-state index in [0.717, 1.165) is 12.2 Å². The monoisotopic (exact) mass is 396 g/mol. The Morgan fingerprint density at radius 2 is 1.41 bits per heavy atom. The average molecular weight is 397 g/mol. The first kappa shape index (κ1) is 22.5. The van der Waals surface area contributed by atoms with Gasteiger partial charge < -0.3 is 15.4 Å². The number of carbonyl (C=O) groups is 2. The van der Waals surface area contributed by atoms with Gasteiger partial charge in [-0.25, -0.2) is 0 Å². The average Bonchev–Trinajstić information content (AvgIpc) is 2.71. The summed E-state index contributed by atoms with van der Waals surface area (Å²) in [6.45, 7) is 6.73. The SMILES string of the molecule is CCCCCCCOc1ccc(C(=O)Nc2ccc(C(=O)NC(C)C)cc2)cc1. The molecule has 2 rings (SSSR count). The fourth-order valence-electron chi connectivity index (χ4n) is 2.85. The van der Waals surface area contributed by atoms with Gasteiger partial charge in [-0.05, 0) is 68.8 Å². The fraction of sp³-hybridized carbons (Fsp3) is 0.417. The molecule has 0 saturated carbocycles. The number of ether oxygens (including phenoxy) is 1. The molecule has 5 nitrogen and oxygen atoms in total. The Balaban J connectivity index is 1.82. The van der Waals surface area contributed by atoms with Crippen LogP contribution in [-0.2, 0) is 0 Å². The molecule has 0 spiro atoms. The van der Waals surface area contributed by atoms with Crippen LogP contribution < -0.4 is 15.4 Å². The Morgan fingerprint density at radius 1 is 0.828 bits per heavy atom. The summed E-state index contributed by atoms with van der Waals surface area (Å²) in [6, 6.07) is 14.1. The molecule has 0 aliphatic rings. The van der Waals surface area contributed by atoms with Crippen molar-refractivity contribution < 1.29 is 14.3 Å². The summed E-state index contributed by atoms with van der Waals surface area (Å²) in [4.78, 5) is 24.4. The molecule has 2 aromatic rings. The quantitative estimate of drug-likeness (QED) is 0.498. The van der Waals surface area contributed by atoms with Crippen LogP contribution in [0.25, 0.3) is 0 Å². The number of carbonyl (C=O) groups excluding carboxylic acids is 2. The van der Waals surface area contributed by atoms with Crippen LogP contribution in [0.5, 0.6) is 5.75 Å². The van der Waals surface area contributed by atoms with Gasteiger partial charge in [0.05, 0.1) is 6.61 Å². The molecule has 0 radical (unpaired) electrons. The van der Waals surface area contributed by atoms with E-state index in [9.17, 15) is 9.59 Å². The smallest absolute Gasteiger partial charge is 0.255 e. The van der Waals surface area contributed by atoms with Crippen molar-refractivity contribution in [1.82, 2.24) is 5.32 Å². The number of benzene rings is 2. The molecule has 156 valence electrons. The third-order valence-electron chi connectivity index (χ3n) is 4.46. The lowest BCUT2D eigenvalue weighted by Gasteiger charge is -2.10. The van der Waals surface area contributed by atoms with Crippen molar-refractivity contribution in [2.45, 2.75) is 58.9 Å². The van der Waals surface area contributed by atoms with Crippen molar-refractivity contribution in [3.05, 3.63) is 59.7 Å². The molecular weight excluding hydrogens is 364 g/mol. The van der Waals surface area contributed by atoms with Gasteiger partial charge >= 0.3 is 0 Å². The highest BCUT2D eigenvalue weighted by molar-refractivity contribution is 6.04. The Labute approximate surface area is 173 Å². The summed E-state index contributed by atoms with van der Waals surface area (Å²) >= 11 is 0. The largest absolute Gasteiger partial charge is 0.494 e. The minimum atomic E-state index is -0.199. The second-order valence-electron chi connectivity index (χ2n) is 7.45. The second kappa shape index (κ2) is 11.9. The molecule has 29 heavy (non-hydrogen) atoms.